The van der Waals surface area contributed by atoms with E-state index in [1.807, 2.05) is 18.2 Å². The van der Waals surface area contributed by atoms with E-state index in [2.05, 4.69) is 5.32 Å². The molecule has 0 radical (unpaired) electrons. The summed E-state index contributed by atoms with van der Waals surface area (Å²) < 4.78 is 38.8. The monoisotopic (exact) mass is 462 g/mol. The number of fused-ring (bicyclic) bond motifs is 2. The van der Waals surface area contributed by atoms with Gasteiger partial charge in [0.15, 0.2) is 17.1 Å². The number of benzene rings is 3. The van der Waals surface area contributed by atoms with Gasteiger partial charge in [0.25, 0.3) is 15.9 Å². The second-order valence-corrected chi connectivity index (χ2v) is 9.64. The molecule has 0 saturated heterocycles. The summed E-state index contributed by atoms with van der Waals surface area (Å²) >= 11 is 0. The lowest BCUT2D eigenvalue weighted by Crippen LogP contribution is -2.35. The Morgan fingerprint density at radius 2 is 1.85 bits per heavy atom. The van der Waals surface area contributed by atoms with E-state index in [1.165, 1.54) is 4.31 Å². The molecule has 0 bridgehead atoms. The Kier molecular flexibility index (Phi) is 5.30. The minimum Gasteiger partial charge on any atom is -0.493 e. The Hall–Kier alpha value is -3.78. The fourth-order valence-electron chi connectivity index (χ4n) is 4.11. The maximum absolute atomic E-state index is 13.2. The van der Waals surface area contributed by atoms with Crippen LogP contribution in [0.3, 0.4) is 0 Å². The van der Waals surface area contributed by atoms with Gasteiger partial charge in [0, 0.05) is 17.6 Å². The van der Waals surface area contributed by atoms with Crippen LogP contribution in [0.5, 0.6) is 5.75 Å². The van der Waals surface area contributed by atoms with Gasteiger partial charge in [-0.25, -0.2) is 8.42 Å². The van der Waals surface area contributed by atoms with Crippen molar-refractivity contribution in [3.05, 3.63) is 84.1 Å². The average molecular weight is 463 g/mol. The van der Waals surface area contributed by atoms with Gasteiger partial charge in [-0.2, -0.15) is 0 Å². The van der Waals surface area contributed by atoms with E-state index in [-0.39, 0.29) is 10.7 Å². The van der Waals surface area contributed by atoms with E-state index < -0.39 is 15.9 Å². The summed E-state index contributed by atoms with van der Waals surface area (Å²) in [5, 5.41) is 3.62. The summed E-state index contributed by atoms with van der Waals surface area (Å²) in [6.07, 6.45) is 1.42. The number of carbonyl (C=O) groups excluding carboxylic acids is 1. The number of methoxy groups -OCH3 is 1. The molecule has 1 N–H and O–H groups in total. The molecule has 7 nitrogen and oxygen atoms in total. The standard InChI is InChI=1S/C25H22N2O5S/c1-31-22-11-5-7-18-16-23(32-24(18)22)25(28)26-19-12-13-21-17(15-19)8-6-14-27(21)33(29,30)20-9-3-2-4-10-20/h2-5,7,9-13,15-16H,6,8,14H2,1H3,(H,26,28). The third-order valence-electron chi connectivity index (χ3n) is 5.70. The van der Waals surface area contributed by atoms with Crippen molar-refractivity contribution in [2.75, 3.05) is 23.3 Å². The lowest BCUT2D eigenvalue weighted by Gasteiger charge is -2.30. The molecule has 8 heteroatoms. The fraction of sp³-hybridized carbons (Fsp3) is 0.160. The molecule has 3 aromatic carbocycles. The van der Waals surface area contributed by atoms with Crippen molar-refractivity contribution in [2.45, 2.75) is 17.7 Å². The molecule has 0 atom stereocenters. The molecule has 1 aliphatic rings. The first-order valence-corrected chi connectivity index (χ1v) is 12.0. The molecular weight excluding hydrogens is 440 g/mol. The molecule has 0 spiro atoms. The lowest BCUT2D eigenvalue weighted by atomic mass is 10.0. The highest BCUT2D eigenvalue weighted by Crippen LogP contribution is 2.34. The Balaban J connectivity index is 1.41. The lowest BCUT2D eigenvalue weighted by molar-refractivity contribution is 0.0998. The second kappa shape index (κ2) is 8.29. The van der Waals surface area contributed by atoms with Gasteiger partial charge in [-0.1, -0.05) is 30.3 Å². The number of ether oxygens (including phenoxy) is 1. The summed E-state index contributed by atoms with van der Waals surface area (Å²) in [6.45, 7) is 0.413. The first-order valence-electron chi connectivity index (χ1n) is 10.6. The zero-order chi connectivity index (χ0) is 23.0. The molecule has 168 valence electrons. The first kappa shape index (κ1) is 21.1. The highest BCUT2D eigenvalue weighted by Gasteiger charge is 2.29. The molecule has 0 aliphatic carbocycles. The van der Waals surface area contributed by atoms with Gasteiger partial charge in [-0.05, 0) is 60.9 Å². The van der Waals surface area contributed by atoms with E-state index >= 15 is 0 Å². The molecule has 0 saturated carbocycles. The van der Waals surface area contributed by atoms with Crippen molar-refractivity contribution in [1.82, 2.24) is 0 Å². The highest BCUT2D eigenvalue weighted by atomic mass is 32.2. The van der Waals surface area contributed by atoms with Crippen molar-refractivity contribution >= 4 is 38.3 Å². The summed E-state index contributed by atoms with van der Waals surface area (Å²) in [5.74, 6) is 0.332. The van der Waals surface area contributed by atoms with Crippen LogP contribution in [0.1, 0.15) is 22.5 Å². The third-order valence-corrected chi connectivity index (χ3v) is 7.52. The summed E-state index contributed by atoms with van der Waals surface area (Å²) in [7, 11) is -2.11. The van der Waals surface area contributed by atoms with Crippen LogP contribution in [0.4, 0.5) is 11.4 Å². The number of sulfonamides is 1. The predicted octanol–water partition coefficient (Wildman–Crippen LogP) is 4.84. The molecule has 1 aliphatic heterocycles. The second-order valence-electron chi connectivity index (χ2n) is 7.78. The Morgan fingerprint density at radius 3 is 2.64 bits per heavy atom. The van der Waals surface area contributed by atoms with Crippen LogP contribution in [0.15, 0.2) is 82.1 Å². The normalized spacial score (nSPS) is 13.5. The minimum atomic E-state index is -3.66. The number of nitrogens with one attached hydrogen (secondary N) is 1. The van der Waals surface area contributed by atoms with E-state index in [0.717, 1.165) is 17.4 Å². The third kappa shape index (κ3) is 3.82. The zero-order valence-electron chi connectivity index (χ0n) is 17.9. The quantitative estimate of drug-likeness (QED) is 0.459. The van der Waals surface area contributed by atoms with Crippen molar-refractivity contribution in [2.24, 2.45) is 0 Å². The predicted molar refractivity (Wildman–Crippen MR) is 126 cm³/mol. The van der Waals surface area contributed by atoms with Crippen LogP contribution in [-0.2, 0) is 16.4 Å². The summed E-state index contributed by atoms with van der Waals surface area (Å²) in [5.41, 5.74) is 2.59. The summed E-state index contributed by atoms with van der Waals surface area (Å²) in [4.78, 5) is 13.1. The number of amides is 1. The van der Waals surface area contributed by atoms with Gasteiger partial charge in [0.1, 0.15) is 0 Å². The maximum Gasteiger partial charge on any atom is 0.291 e. The Labute approximate surface area is 191 Å². The SMILES string of the molecule is COc1cccc2cc(C(=O)Nc3ccc4c(c3)CCCN4S(=O)(=O)c3ccccc3)oc12. The van der Waals surface area contributed by atoms with Crippen molar-refractivity contribution in [1.29, 1.82) is 0 Å². The molecular formula is C25H22N2O5S. The number of hydrogen-bond acceptors (Lipinski definition) is 5. The van der Waals surface area contributed by atoms with Gasteiger partial charge >= 0.3 is 0 Å². The largest absolute Gasteiger partial charge is 0.493 e. The minimum absolute atomic E-state index is 0.167. The van der Waals surface area contributed by atoms with E-state index in [0.29, 0.717) is 35.7 Å². The van der Waals surface area contributed by atoms with Crippen molar-refractivity contribution in [3.63, 3.8) is 0 Å². The Bertz CT molecular complexity index is 1440. The number of furan rings is 1. The number of rotatable bonds is 5. The molecule has 0 unspecified atom stereocenters. The van der Waals surface area contributed by atoms with E-state index in [1.54, 1.807) is 61.7 Å². The molecule has 2 heterocycles. The number of nitrogens with zero attached hydrogens (tertiary/aromatic N) is 1. The van der Waals surface area contributed by atoms with Crippen LogP contribution in [-0.4, -0.2) is 28.0 Å². The van der Waals surface area contributed by atoms with Crippen molar-refractivity contribution < 1.29 is 22.4 Å². The molecule has 4 aromatic rings. The van der Waals surface area contributed by atoms with E-state index in [9.17, 15) is 13.2 Å². The van der Waals surface area contributed by atoms with E-state index in [4.69, 9.17) is 9.15 Å². The molecule has 5 rings (SSSR count). The fourth-order valence-corrected chi connectivity index (χ4v) is 5.67. The van der Waals surface area contributed by atoms with Gasteiger partial charge in [0.05, 0.1) is 17.7 Å². The van der Waals surface area contributed by atoms with Crippen LogP contribution in [0, 0.1) is 0 Å². The number of aryl methyl sites for hydroxylation is 1. The smallest absolute Gasteiger partial charge is 0.291 e. The number of para-hydroxylation sites is 1. The number of hydrogen-bond donors (Lipinski definition) is 1. The average Bonchev–Trinajstić information content (AvgIpc) is 3.29. The molecule has 0 fully saturated rings. The summed E-state index contributed by atoms with van der Waals surface area (Å²) in [6, 6.07) is 20.8. The number of anilines is 2. The zero-order valence-corrected chi connectivity index (χ0v) is 18.8. The van der Waals surface area contributed by atoms with Crippen LogP contribution >= 0.6 is 0 Å². The Morgan fingerprint density at radius 1 is 1.03 bits per heavy atom. The van der Waals surface area contributed by atoms with Crippen LogP contribution in [0.25, 0.3) is 11.0 Å². The molecule has 33 heavy (non-hydrogen) atoms. The molecule has 1 amide bonds. The topological polar surface area (TPSA) is 88.9 Å². The molecule has 1 aromatic heterocycles. The van der Waals surface area contributed by atoms with Crippen molar-refractivity contribution in [3.8, 4) is 5.75 Å². The van der Waals surface area contributed by atoms with Gasteiger partial charge in [-0.15, -0.1) is 0 Å². The first-order chi connectivity index (χ1) is 16.0. The van der Waals surface area contributed by atoms with Gasteiger partial charge in [0.2, 0.25) is 0 Å². The highest BCUT2D eigenvalue weighted by molar-refractivity contribution is 7.92. The maximum atomic E-state index is 13.2. The van der Waals surface area contributed by atoms with Gasteiger partial charge < -0.3 is 14.5 Å². The van der Waals surface area contributed by atoms with Crippen LogP contribution in [0.2, 0.25) is 0 Å². The number of carbonyl (C=O) groups is 1. The van der Waals surface area contributed by atoms with Gasteiger partial charge in [-0.3, -0.25) is 9.10 Å². The van der Waals surface area contributed by atoms with Crippen LogP contribution < -0.4 is 14.4 Å².